The summed E-state index contributed by atoms with van der Waals surface area (Å²) in [6, 6.07) is 5.35. The SMILES string of the molecule is CC(C)(C)NCC(C)(Cc1cccc(F)c1Br)C1CC1. The highest BCUT2D eigenvalue weighted by Gasteiger charge is 2.42. The van der Waals surface area contributed by atoms with E-state index < -0.39 is 0 Å². The van der Waals surface area contributed by atoms with E-state index >= 15 is 0 Å². The van der Waals surface area contributed by atoms with Crippen LogP contribution in [0.1, 0.15) is 46.1 Å². The Balaban J connectivity index is 2.14. The fraction of sp³-hybridized carbons (Fsp3) is 0.647. The van der Waals surface area contributed by atoms with E-state index in [1.165, 1.54) is 18.9 Å². The summed E-state index contributed by atoms with van der Waals surface area (Å²) >= 11 is 3.40. The number of halogens is 2. The molecule has 112 valence electrons. The van der Waals surface area contributed by atoms with Crippen LogP contribution >= 0.6 is 15.9 Å². The van der Waals surface area contributed by atoms with Gasteiger partial charge in [-0.05, 0) is 78.9 Å². The van der Waals surface area contributed by atoms with Crippen molar-refractivity contribution in [3.8, 4) is 0 Å². The van der Waals surface area contributed by atoms with E-state index in [-0.39, 0.29) is 16.8 Å². The van der Waals surface area contributed by atoms with E-state index in [1.807, 2.05) is 6.07 Å². The molecule has 1 saturated carbocycles. The predicted molar refractivity (Wildman–Crippen MR) is 86.4 cm³/mol. The number of hydrogen-bond acceptors (Lipinski definition) is 1. The summed E-state index contributed by atoms with van der Waals surface area (Å²) < 4.78 is 14.3. The lowest BCUT2D eigenvalue weighted by Gasteiger charge is -2.34. The Morgan fingerprint density at radius 3 is 2.45 bits per heavy atom. The van der Waals surface area contributed by atoms with Crippen LogP contribution in [-0.2, 0) is 6.42 Å². The van der Waals surface area contributed by atoms with Crippen molar-refractivity contribution < 1.29 is 4.39 Å². The van der Waals surface area contributed by atoms with Gasteiger partial charge in [-0.1, -0.05) is 19.1 Å². The molecule has 0 saturated heterocycles. The fourth-order valence-electron chi connectivity index (χ4n) is 2.72. The molecule has 1 aromatic rings. The Labute approximate surface area is 130 Å². The lowest BCUT2D eigenvalue weighted by molar-refractivity contribution is 0.227. The third-order valence-corrected chi connectivity index (χ3v) is 5.10. The molecule has 0 radical (unpaired) electrons. The van der Waals surface area contributed by atoms with Gasteiger partial charge in [0.1, 0.15) is 5.82 Å². The first-order valence-electron chi connectivity index (χ1n) is 7.39. The first-order chi connectivity index (χ1) is 9.21. The average molecular weight is 342 g/mol. The second-order valence-corrected chi connectivity index (χ2v) is 8.21. The second-order valence-electron chi connectivity index (χ2n) is 7.42. The molecule has 0 aliphatic heterocycles. The minimum Gasteiger partial charge on any atom is -0.312 e. The Morgan fingerprint density at radius 2 is 1.90 bits per heavy atom. The molecule has 1 N–H and O–H groups in total. The van der Waals surface area contributed by atoms with Crippen molar-refractivity contribution in [2.75, 3.05) is 6.54 Å². The molecule has 1 atom stereocenters. The van der Waals surface area contributed by atoms with Gasteiger partial charge in [0, 0.05) is 12.1 Å². The van der Waals surface area contributed by atoms with Gasteiger partial charge < -0.3 is 5.32 Å². The van der Waals surface area contributed by atoms with Crippen LogP contribution in [0.25, 0.3) is 0 Å². The van der Waals surface area contributed by atoms with Crippen LogP contribution in [0.15, 0.2) is 22.7 Å². The maximum Gasteiger partial charge on any atom is 0.137 e. The van der Waals surface area contributed by atoms with Crippen LogP contribution in [-0.4, -0.2) is 12.1 Å². The van der Waals surface area contributed by atoms with Gasteiger partial charge in [-0.3, -0.25) is 0 Å². The molecule has 1 unspecified atom stereocenters. The van der Waals surface area contributed by atoms with Gasteiger partial charge in [0.15, 0.2) is 0 Å². The topological polar surface area (TPSA) is 12.0 Å². The molecule has 20 heavy (non-hydrogen) atoms. The highest BCUT2D eigenvalue weighted by atomic mass is 79.9. The fourth-order valence-corrected chi connectivity index (χ4v) is 3.12. The molecule has 1 nitrogen and oxygen atoms in total. The molecule has 0 aromatic heterocycles. The van der Waals surface area contributed by atoms with Gasteiger partial charge in [0.25, 0.3) is 0 Å². The monoisotopic (exact) mass is 341 g/mol. The maximum atomic E-state index is 13.7. The molecular weight excluding hydrogens is 317 g/mol. The molecule has 1 aliphatic carbocycles. The zero-order valence-electron chi connectivity index (χ0n) is 12.9. The van der Waals surface area contributed by atoms with Gasteiger partial charge in [0.05, 0.1) is 4.47 Å². The van der Waals surface area contributed by atoms with Crippen LogP contribution in [0.2, 0.25) is 0 Å². The maximum absolute atomic E-state index is 13.7. The van der Waals surface area contributed by atoms with Gasteiger partial charge in [-0.2, -0.15) is 0 Å². The van der Waals surface area contributed by atoms with Crippen molar-refractivity contribution in [1.29, 1.82) is 0 Å². The number of hydrogen-bond donors (Lipinski definition) is 1. The zero-order chi connectivity index (χ0) is 15.0. The average Bonchev–Trinajstić information content (AvgIpc) is 3.16. The Kier molecular flexibility index (Phi) is 4.60. The molecule has 0 spiro atoms. The number of nitrogens with one attached hydrogen (secondary N) is 1. The first kappa shape index (κ1) is 16.0. The summed E-state index contributed by atoms with van der Waals surface area (Å²) in [5.41, 5.74) is 1.40. The number of rotatable bonds is 5. The van der Waals surface area contributed by atoms with Crippen molar-refractivity contribution in [1.82, 2.24) is 5.32 Å². The van der Waals surface area contributed by atoms with Crippen LogP contribution < -0.4 is 5.32 Å². The molecule has 2 rings (SSSR count). The Bertz CT molecular complexity index is 476. The second kappa shape index (κ2) is 5.76. The highest BCUT2D eigenvalue weighted by Crippen LogP contribution is 2.48. The van der Waals surface area contributed by atoms with Gasteiger partial charge >= 0.3 is 0 Å². The van der Waals surface area contributed by atoms with Crippen molar-refractivity contribution >= 4 is 15.9 Å². The molecule has 1 aromatic carbocycles. The van der Waals surface area contributed by atoms with Crippen molar-refractivity contribution in [3.05, 3.63) is 34.1 Å². The van der Waals surface area contributed by atoms with Crippen LogP contribution in [0, 0.1) is 17.2 Å². The Hall–Kier alpha value is -0.410. The molecule has 0 amide bonds. The molecule has 3 heteroatoms. The summed E-state index contributed by atoms with van der Waals surface area (Å²) in [5, 5.41) is 3.63. The van der Waals surface area contributed by atoms with E-state index in [1.54, 1.807) is 6.07 Å². The molecule has 0 bridgehead atoms. The summed E-state index contributed by atoms with van der Waals surface area (Å²) in [4.78, 5) is 0. The largest absolute Gasteiger partial charge is 0.312 e. The van der Waals surface area contributed by atoms with Crippen LogP contribution in [0.3, 0.4) is 0 Å². The van der Waals surface area contributed by atoms with E-state index in [0.717, 1.165) is 24.4 Å². The lowest BCUT2D eigenvalue weighted by Crippen LogP contribution is -2.44. The first-order valence-corrected chi connectivity index (χ1v) is 8.18. The zero-order valence-corrected chi connectivity index (χ0v) is 14.5. The predicted octanol–water partition coefficient (Wildman–Crippen LogP) is 4.94. The summed E-state index contributed by atoms with van der Waals surface area (Å²) in [7, 11) is 0. The minimum atomic E-state index is -0.163. The molecule has 0 heterocycles. The standard InChI is InChI=1S/C17H25BrFN/c1-16(2,3)20-11-17(4,13-8-9-13)10-12-6-5-7-14(19)15(12)18/h5-7,13,20H,8-11H2,1-4H3. The van der Waals surface area contributed by atoms with E-state index in [4.69, 9.17) is 0 Å². The number of benzene rings is 1. The lowest BCUT2D eigenvalue weighted by atomic mass is 9.78. The third-order valence-electron chi connectivity index (χ3n) is 4.21. The van der Waals surface area contributed by atoms with E-state index in [0.29, 0.717) is 4.47 Å². The van der Waals surface area contributed by atoms with Crippen LogP contribution in [0.4, 0.5) is 4.39 Å². The normalized spacial score (nSPS) is 18.9. The van der Waals surface area contributed by atoms with Crippen molar-refractivity contribution in [3.63, 3.8) is 0 Å². The van der Waals surface area contributed by atoms with Gasteiger partial charge in [-0.15, -0.1) is 0 Å². The van der Waals surface area contributed by atoms with Gasteiger partial charge in [-0.25, -0.2) is 4.39 Å². The van der Waals surface area contributed by atoms with Crippen LogP contribution in [0.5, 0.6) is 0 Å². The molecular formula is C17H25BrFN. The van der Waals surface area contributed by atoms with Crippen molar-refractivity contribution in [2.24, 2.45) is 11.3 Å². The van der Waals surface area contributed by atoms with Gasteiger partial charge in [0.2, 0.25) is 0 Å². The smallest absolute Gasteiger partial charge is 0.137 e. The van der Waals surface area contributed by atoms with E-state index in [9.17, 15) is 4.39 Å². The third kappa shape index (κ3) is 4.05. The Morgan fingerprint density at radius 1 is 1.25 bits per heavy atom. The minimum absolute atomic E-state index is 0.120. The molecule has 1 aliphatic rings. The summed E-state index contributed by atoms with van der Waals surface area (Å²) in [5.74, 6) is 0.594. The summed E-state index contributed by atoms with van der Waals surface area (Å²) in [6.45, 7) is 9.89. The molecule has 1 fully saturated rings. The highest BCUT2D eigenvalue weighted by molar-refractivity contribution is 9.10. The van der Waals surface area contributed by atoms with Crippen molar-refractivity contribution in [2.45, 2.75) is 52.5 Å². The summed E-state index contributed by atoms with van der Waals surface area (Å²) in [6.07, 6.45) is 3.52. The van der Waals surface area contributed by atoms with E-state index in [2.05, 4.69) is 48.9 Å². The quantitative estimate of drug-likeness (QED) is 0.800.